The van der Waals surface area contributed by atoms with E-state index >= 15 is 0 Å². The molecule has 0 N–H and O–H groups in total. The van der Waals surface area contributed by atoms with Crippen molar-refractivity contribution in [3.63, 3.8) is 0 Å². The lowest BCUT2D eigenvalue weighted by molar-refractivity contribution is -0.200. The average molecular weight is 407 g/mol. The molecule has 29 heavy (non-hydrogen) atoms. The molecule has 5 saturated carbocycles. The Bertz CT molecular complexity index is 597. The summed E-state index contributed by atoms with van der Waals surface area (Å²) in [5.41, 5.74) is 0.966. The second-order valence-electron chi connectivity index (χ2n) is 10.4. The summed E-state index contributed by atoms with van der Waals surface area (Å²) in [4.78, 5) is 0. The summed E-state index contributed by atoms with van der Waals surface area (Å²) in [5, 5.41) is 0. The smallest absolute Gasteiger partial charge is 0.0701 e. The number of hydrogen-bond donors (Lipinski definition) is 0. The quantitative estimate of drug-likeness (QED) is 0.611. The zero-order chi connectivity index (χ0) is 19.1. The molecule has 6 nitrogen and oxygen atoms in total. The Morgan fingerprint density at radius 1 is 0.483 bits per heavy atom. The van der Waals surface area contributed by atoms with Crippen molar-refractivity contribution < 1.29 is 28.4 Å². The van der Waals surface area contributed by atoms with Gasteiger partial charge in [-0.15, -0.1) is 0 Å². The Morgan fingerprint density at radius 2 is 0.862 bits per heavy atom. The number of hydrogen-bond acceptors (Lipinski definition) is 6. The molecule has 8 fully saturated rings. The van der Waals surface area contributed by atoms with E-state index in [9.17, 15) is 0 Å². The summed E-state index contributed by atoms with van der Waals surface area (Å²) in [6.07, 6.45) is 5.07. The molecule has 0 radical (unpaired) electrons. The molecule has 0 amide bonds. The Hall–Kier alpha value is -0.240. The molecule has 162 valence electrons. The Labute approximate surface area is 172 Å². The Balaban J connectivity index is 1.08. The van der Waals surface area contributed by atoms with E-state index in [1.165, 1.54) is 19.3 Å². The highest BCUT2D eigenvalue weighted by molar-refractivity contribution is 5.44. The van der Waals surface area contributed by atoms with Crippen molar-refractivity contribution in [3.05, 3.63) is 0 Å². The van der Waals surface area contributed by atoms with Gasteiger partial charge in [0, 0.05) is 13.2 Å². The van der Waals surface area contributed by atoms with Gasteiger partial charge in [0.15, 0.2) is 0 Å². The van der Waals surface area contributed by atoms with Crippen molar-refractivity contribution in [2.45, 2.75) is 31.5 Å². The lowest BCUT2D eigenvalue weighted by Gasteiger charge is -2.65. The second-order valence-corrected chi connectivity index (χ2v) is 10.4. The van der Waals surface area contributed by atoms with Crippen LogP contribution < -0.4 is 0 Å². The van der Waals surface area contributed by atoms with Crippen LogP contribution in [0.15, 0.2) is 0 Å². The van der Waals surface area contributed by atoms with Gasteiger partial charge in [-0.2, -0.15) is 0 Å². The van der Waals surface area contributed by atoms with Gasteiger partial charge < -0.3 is 28.4 Å². The summed E-state index contributed by atoms with van der Waals surface area (Å²) >= 11 is 0. The molecule has 6 heteroatoms. The fraction of sp³-hybridized carbons (Fsp3) is 1.00. The molecule has 2 spiro atoms. The zero-order valence-corrected chi connectivity index (χ0v) is 17.3. The van der Waals surface area contributed by atoms with Crippen molar-refractivity contribution in [1.29, 1.82) is 0 Å². The fourth-order valence-electron chi connectivity index (χ4n) is 10.1. The minimum absolute atomic E-state index is 0.483. The van der Waals surface area contributed by atoms with Crippen molar-refractivity contribution >= 4 is 0 Å². The molecular weight excluding hydrogens is 372 g/mol. The van der Waals surface area contributed by atoms with E-state index in [1.807, 2.05) is 0 Å². The van der Waals surface area contributed by atoms with E-state index in [0.29, 0.717) is 75.9 Å². The van der Waals surface area contributed by atoms with E-state index < -0.39 is 0 Å². The first-order chi connectivity index (χ1) is 14.4. The first-order valence-corrected chi connectivity index (χ1v) is 12.0. The molecule has 4 bridgehead atoms. The largest absolute Gasteiger partial charge is 0.379 e. The summed E-state index contributed by atoms with van der Waals surface area (Å²) < 4.78 is 35.6. The number of rotatable bonds is 0. The topological polar surface area (TPSA) is 55.4 Å². The summed E-state index contributed by atoms with van der Waals surface area (Å²) in [6, 6.07) is 0. The van der Waals surface area contributed by atoms with Crippen LogP contribution in [0.1, 0.15) is 19.3 Å². The van der Waals surface area contributed by atoms with Gasteiger partial charge in [0.1, 0.15) is 0 Å². The fourth-order valence-corrected chi connectivity index (χ4v) is 10.1. The molecule has 3 saturated heterocycles. The molecule has 10 atom stereocenters. The van der Waals surface area contributed by atoms with E-state index in [2.05, 4.69) is 0 Å². The third-order valence-electron chi connectivity index (χ3n) is 10.2. The van der Waals surface area contributed by atoms with Crippen molar-refractivity contribution in [2.75, 3.05) is 66.1 Å². The SMILES string of the molecule is C1COCCOCCC23C4CC5C6C7OC(C64)C2C7C53CCOCCOCCO1. The van der Waals surface area contributed by atoms with Crippen LogP contribution in [0.5, 0.6) is 0 Å². The van der Waals surface area contributed by atoms with Crippen LogP contribution in [0.25, 0.3) is 0 Å². The van der Waals surface area contributed by atoms with Crippen LogP contribution in [0, 0.1) is 46.3 Å². The van der Waals surface area contributed by atoms with Gasteiger partial charge in [0.25, 0.3) is 0 Å². The highest BCUT2D eigenvalue weighted by Gasteiger charge is 2.98. The molecule has 10 unspecified atom stereocenters. The first-order valence-electron chi connectivity index (χ1n) is 12.0. The molecule has 3 aliphatic heterocycles. The molecule has 3 heterocycles. The van der Waals surface area contributed by atoms with Crippen LogP contribution in [-0.4, -0.2) is 78.3 Å². The molecule has 0 aromatic rings. The average Bonchev–Trinajstić information content (AvgIpc) is 3.43. The van der Waals surface area contributed by atoms with E-state index in [1.54, 1.807) is 0 Å². The lowest BCUT2D eigenvalue weighted by Crippen LogP contribution is -2.64. The highest BCUT2D eigenvalue weighted by Crippen LogP contribution is 2.97. The van der Waals surface area contributed by atoms with Crippen molar-refractivity contribution in [2.24, 2.45) is 46.3 Å². The molecular formula is C23H34O6. The molecule has 8 aliphatic rings. The molecule has 0 aromatic carbocycles. The lowest BCUT2D eigenvalue weighted by atomic mass is 9.38. The third-order valence-corrected chi connectivity index (χ3v) is 10.2. The summed E-state index contributed by atoms with van der Waals surface area (Å²) in [6.45, 7) is 6.90. The van der Waals surface area contributed by atoms with Gasteiger partial charge >= 0.3 is 0 Å². The van der Waals surface area contributed by atoms with Crippen LogP contribution in [-0.2, 0) is 28.4 Å². The van der Waals surface area contributed by atoms with Gasteiger partial charge in [0.2, 0.25) is 0 Å². The first kappa shape index (κ1) is 18.3. The summed E-state index contributed by atoms with van der Waals surface area (Å²) in [7, 11) is 0. The molecule has 5 aliphatic carbocycles. The van der Waals surface area contributed by atoms with Crippen LogP contribution >= 0.6 is 0 Å². The normalized spacial score (nSPS) is 58.8. The van der Waals surface area contributed by atoms with Crippen molar-refractivity contribution in [3.8, 4) is 0 Å². The highest BCUT2D eigenvalue weighted by atomic mass is 16.6. The number of ether oxygens (including phenoxy) is 6. The van der Waals surface area contributed by atoms with Gasteiger partial charge in [0.05, 0.1) is 65.1 Å². The van der Waals surface area contributed by atoms with E-state index in [-0.39, 0.29) is 0 Å². The Kier molecular flexibility index (Phi) is 4.19. The maximum Gasteiger partial charge on any atom is 0.0701 e. The van der Waals surface area contributed by atoms with Gasteiger partial charge in [-0.3, -0.25) is 0 Å². The van der Waals surface area contributed by atoms with E-state index in [0.717, 1.165) is 48.7 Å². The van der Waals surface area contributed by atoms with Crippen LogP contribution in [0.2, 0.25) is 0 Å². The standard InChI is InChI=1S/C23H34O6/c1-3-24-5-7-26-9-11-28-12-10-27-8-6-25-4-2-23-15-13-14-16-17(15)21-19(23)18(20(16)29-21)22(1,14)23/h14-21H,1-13H2. The summed E-state index contributed by atoms with van der Waals surface area (Å²) in [5.74, 6) is 5.18. The van der Waals surface area contributed by atoms with Gasteiger partial charge in [-0.05, 0) is 65.6 Å². The minimum Gasteiger partial charge on any atom is -0.379 e. The van der Waals surface area contributed by atoms with E-state index in [4.69, 9.17) is 28.4 Å². The van der Waals surface area contributed by atoms with Crippen LogP contribution in [0.4, 0.5) is 0 Å². The molecule has 0 aromatic heterocycles. The third kappa shape index (κ3) is 2.05. The zero-order valence-electron chi connectivity index (χ0n) is 17.3. The maximum atomic E-state index is 6.62. The van der Waals surface area contributed by atoms with Crippen molar-refractivity contribution in [1.82, 2.24) is 0 Å². The Morgan fingerprint density at radius 3 is 1.28 bits per heavy atom. The van der Waals surface area contributed by atoms with Crippen LogP contribution in [0.3, 0.4) is 0 Å². The monoisotopic (exact) mass is 406 g/mol. The predicted molar refractivity (Wildman–Crippen MR) is 102 cm³/mol. The predicted octanol–water partition coefficient (Wildman–Crippen LogP) is 1.76. The van der Waals surface area contributed by atoms with Gasteiger partial charge in [-0.25, -0.2) is 0 Å². The molecule has 8 rings (SSSR count). The minimum atomic E-state index is 0.483. The second kappa shape index (κ2) is 6.63. The van der Waals surface area contributed by atoms with Gasteiger partial charge in [-0.1, -0.05) is 0 Å². The maximum absolute atomic E-state index is 6.62.